The summed E-state index contributed by atoms with van der Waals surface area (Å²) in [5.41, 5.74) is 1.88. The third-order valence-corrected chi connectivity index (χ3v) is 4.63. The number of benzene rings is 1. The zero-order chi connectivity index (χ0) is 18.7. The Morgan fingerprint density at radius 3 is 2.96 bits per heavy atom. The number of hydrogen-bond donors (Lipinski definition) is 1. The Hall–Kier alpha value is -2.18. The van der Waals surface area contributed by atoms with Gasteiger partial charge in [0.25, 0.3) is 0 Å². The Kier molecular flexibility index (Phi) is 7.86. The van der Waals surface area contributed by atoms with Crippen LogP contribution in [0.1, 0.15) is 36.3 Å². The number of nitrogens with one attached hydrogen (secondary N) is 1. The molecule has 0 saturated carbocycles. The van der Waals surface area contributed by atoms with Crippen LogP contribution in [-0.4, -0.2) is 37.4 Å². The van der Waals surface area contributed by atoms with Crippen LogP contribution in [0.3, 0.4) is 0 Å². The Labute approximate surface area is 160 Å². The molecule has 2 heterocycles. The van der Waals surface area contributed by atoms with Crippen LogP contribution >= 0.6 is 0 Å². The first-order chi connectivity index (χ1) is 13.3. The highest BCUT2D eigenvalue weighted by Gasteiger charge is 2.17. The molecule has 1 fully saturated rings. The lowest BCUT2D eigenvalue weighted by atomic mass is 10.1. The van der Waals surface area contributed by atoms with Gasteiger partial charge in [-0.05, 0) is 24.8 Å². The number of aryl methyl sites for hydroxylation is 1. The first-order valence-electron chi connectivity index (χ1n) is 9.70. The standard InChI is InChI=1S/C21H28N2O4/c24-21(22-14-18-9-11-26-16-18)13-19-12-20(27-23-19)8-4-5-10-25-15-17-6-2-1-3-7-17/h1-3,6-7,12,18H,4-5,8-11,13-16H2,(H,22,24). The number of amides is 1. The summed E-state index contributed by atoms with van der Waals surface area (Å²) in [7, 11) is 0. The van der Waals surface area contributed by atoms with Crippen LogP contribution in [-0.2, 0) is 33.7 Å². The maximum Gasteiger partial charge on any atom is 0.226 e. The number of unbranched alkanes of at least 4 members (excludes halogenated alkanes) is 1. The molecule has 1 saturated heterocycles. The molecule has 1 aromatic heterocycles. The highest BCUT2D eigenvalue weighted by atomic mass is 16.5. The molecule has 146 valence electrons. The van der Waals surface area contributed by atoms with Crippen LogP contribution in [0.25, 0.3) is 0 Å². The molecule has 3 rings (SSSR count). The average Bonchev–Trinajstić information content (AvgIpc) is 3.36. The van der Waals surface area contributed by atoms with Crippen molar-refractivity contribution in [2.24, 2.45) is 5.92 Å². The topological polar surface area (TPSA) is 73.6 Å². The normalized spacial score (nSPS) is 16.5. The number of nitrogens with zero attached hydrogens (tertiary/aromatic N) is 1. The van der Waals surface area contributed by atoms with Crippen molar-refractivity contribution < 1.29 is 18.8 Å². The van der Waals surface area contributed by atoms with Gasteiger partial charge in [0.05, 0.1) is 25.3 Å². The molecule has 1 unspecified atom stereocenters. The minimum absolute atomic E-state index is 0.0175. The summed E-state index contributed by atoms with van der Waals surface area (Å²) in [4.78, 5) is 12.0. The Morgan fingerprint density at radius 1 is 1.26 bits per heavy atom. The quantitative estimate of drug-likeness (QED) is 0.614. The second-order valence-corrected chi connectivity index (χ2v) is 6.99. The summed E-state index contributed by atoms with van der Waals surface area (Å²) in [6.45, 7) is 3.58. The van der Waals surface area contributed by atoms with E-state index in [4.69, 9.17) is 14.0 Å². The third-order valence-electron chi connectivity index (χ3n) is 4.63. The minimum atomic E-state index is -0.0175. The van der Waals surface area contributed by atoms with E-state index in [1.165, 1.54) is 5.56 Å². The molecule has 6 heteroatoms. The first-order valence-corrected chi connectivity index (χ1v) is 9.70. The summed E-state index contributed by atoms with van der Waals surface area (Å²) < 4.78 is 16.3. The van der Waals surface area contributed by atoms with Gasteiger partial charge in [0.1, 0.15) is 5.76 Å². The Balaban J connectivity index is 1.26. The lowest BCUT2D eigenvalue weighted by Gasteiger charge is -2.08. The van der Waals surface area contributed by atoms with Crippen LogP contribution < -0.4 is 5.32 Å². The number of carbonyl (C=O) groups is 1. The molecule has 0 bridgehead atoms. The number of ether oxygens (including phenoxy) is 2. The van der Waals surface area contributed by atoms with Crippen LogP contribution in [0.15, 0.2) is 40.9 Å². The first kappa shape index (κ1) is 19.6. The summed E-state index contributed by atoms with van der Waals surface area (Å²) in [6, 6.07) is 12.0. The summed E-state index contributed by atoms with van der Waals surface area (Å²) in [5.74, 6) is 1.24. The van der Waals surface area contributed by atoms with Crippen LogP contribution in [0.4, 0.5) is 0 Å². The van der Waals surface area contributed by atoms with Crippen molar-refractivity contribution >= 4 is 5.91 Å². The van der Waals surface area contributed by atoms with E-state index in [1.807, 2.05) is 24.3 Å². The number of hydrogen-bond acceptors (Lipinski definition) is 5. The molecule has 1 amide bonds. The summed E-state index contributed by atoms with van der Waals surface area (Å²) in [6.07, 6.45) is 4.02. The smallest absolute Gasteiger partial charge is 0.226 e. The van der Waals surface area contributed by atoms with E-state index in [0.717, 1.165) is 51.3 Å². The van der Waals surface area contributed by atoms with Crippen molar-refractivity contribution in [1.29, 1.82) is 0 Å². The predicted octanol–water partition coefficient (Wildman–Crippen LogP) is 2.91. The van der Waals surface area contributed by atoms with Gasteiger partial charge in [-0.15, -0.1) is 0 Å². The SMILES string of the molecule is O=C(Cc1cc(CCCCOCc2ccccc2)on1)NCC1CCOC1. The van der Waals surface area contributed by atoms with Gasteiger partial charge in [-0.1, -0.05) is 35.5 Å². The molecule has 2 aromatic rings. The maximum absolute atomic E-state index is 12.0. The highest BCUT2D eigenvalue weighted by molar-refractivity contribution is 5.78. The van der Waals surface area contributed by atoms with E-state index >= 15 is 0 Å². The molecule has 1 aliphatic heterocycles. The average molecular weight is 372 g/mol. The minimum Gasteiger partial charge on any atom is -0.381 e. The largest absolute Gasteiger partial charge is 0.381 e. The molecular weight excluding hydrogens is 344 g/mol. The fourth-order valence-electron chi connectivity index (χ4n) is 3.05. The number of rotatable bonds is 11. The van der Waals surface area contributed by atoms with Gasteiger partial charge in [-0.2, -0.15) is 0 Å². The second kappa shape index (κ2) is 10.8. The maximum atomic E-state index is 12.0. The van der Waals surface area contributed by atoms with E-state index in [9.17, 15) is 4.79 Å². The molecule has 6 nitrogen and oxygen atoms in total. The van der Waals surface area contributed by atoms with Gasteiger partial charge in [0.2, 0.25) is 5.91 Å². The van der Waals surface area contributed by atoms with Crippen LogP contribution in [0.2, 0.25) is 0 Å². The summed E-state index contributed by atoms with van der Waals surface area (Å²) >= 11 is 0. The lowest BCUT2D eigenvalue weighted by molar-refractivity contribution is -0.120. The fraction of sp³-hybridized carbons (Fsp3) is 0.524. The van der Waals surface area contributed by atoms with Crippen LogP contribution in [0, 0.1) is 5.92 Å². The molecule has 0 radical (unpaired) electrons. The lowest BCUT2D eigenvalue weighted by Crippen LogP contribution is -2.30. The molecule has 27 heavy (non-hydrogen) atoms. The second-order valence-electron chi connectivity index (χ2n) is 6.99. The van der Waals surface area contributed by atoms with Crippen molar-refractivity contribution in [2.75, 3.05) is 26.4 Å². The predicted molar refractivity (Wildman–Crippen MR) is 101 cm³/mol. The number of carbonyl (C=O) groups excluding carboxylic acids is 1. The fourth-order valence-corrected chi connectivity index (χ4v) is 3.05. The van der Waals surface area contributed by atoms with Gasteiger partial charge in [0.15, 0.2) is 0 Å². The van der Waals surface area contributed by atoms with Crippen molar-refractivity contribution in [3.63, 3.8) is 0 Å². The van der Waals surface area contributed by atoms with E-state index in [2.05, 4.69) is 22.6 Å². The highest BCUT2D eigenvalue weighted by Crippen LogP contribution is 2.11. The molecule has 1 aliphatic rings. The van der Waals surface area contributed by atoms with Gasteiger partial charge < -0.3 is 19.3 Å². The van der Waals surface area contributed by atoms with Gasteiger partial charge in [-0.3, -0.25) is 4.79 Å². The van der Waals surface area contributed by atoms with Gasteiger partial charge in [0, 0.05) is 38.2 Å². The molecule has 0 aliphatic carbocycles. The Bertz CT molecular complexity index is 680. The zero-order valence-electron chi connectivity index (χ0n) is 15.7. The molecule has 1 atom stereocenters. The summed E-state index contributed by atoms with van der Waals surface area (Å²) in [5, 5.41) is 6.94. The zero-order valence-corrected chi connectivity index (χ0v) is 15.7. The van der Waals surface area contributed by atoms with E-state index < -0.39 is 0 Å². The van der Waals surface area contributed by atoms with Gasteiger partial charge in [-0.25, -0.2) is 0 Å². The molecule has 0 spiro atoms. The molecular formula is C21H28N2O4. The van der Waals surface area contributed by atoms with Crippen molar-refractivity contribution in [2.45, 2.75) is 38.7 Å². The molecule has 1 aromatic carbocycles. The van der Waals surface area contributed by atoms with Gasteiger partial charge >= 0.3 is 0 Å². The number of aromatic nitrogens is 1. The Morgan fingerprint density at radius 2 is 2.15 bits per heavy atom. The molecule has 1 N–H and O–H groups in total. The third kappa shape index (κ3) is 7.15. The van der Waals surface area contributed by atoms with Crippen molar-refractivity contribution in [3.05, 3.63) is 53.4 Å². The van der Waals surface area contributed by atoms with E-state index in [-0.39, 0.29) is 12.3 Å². The van der Waals surface area contributed by atoms with Crippen molar-refractivity contribution in [1.82, 2.24) is 10.5 Å². The van der Waals surface area contributed by atoms with Crippen LogP contribution in [0.5, 0.6) is 0 Å². The van der Waals surface area contributed by atoms with E-state index in [0.29, 0.717) is 24.8 Å². The van der Waals surface area contributed by atoms with E-state index in [1.54, 1.807) is 0 Å². The van der Waals surface area contributed by atoms with Crippen molar-refractivity contribution in [3.8, 4) is 0 Å². The monoisotopic (exact) mass is 372 g/mol.